The Labute approximate surface area is 280 Å². The summed E-state index contributed by atoms with van der Waals surface area (Å²) in [5.41, 5.74) is 2.14. The molecule has 0 saturated carbocycles. The lowest BCUT2D eigenvalue weighted by atomic mass is 9.92. The van der Waals surface area contributed by atoms with Gasteiger partial charge in [-0.2, -0.15) is 0 Å². The predicted octanol–water partition coefficient (Wildman–Crippen LogP) is 8.46. The number of methoxy groups -OCH3 is 1. The fourth-order valence-electron chi connectivity index (χ4n) is 4.77. The SMILES string of the molecule is COC(=O)/C=C/C[C@H]1O[C@H](CO[Si](C)(C)C(C)(C)C)[C@@H](OCc2ccccc2)[C@H](OCc2ccccc2)[C@H]1O[Si](C)(C)C(C)(C)C. The number of rotatable bonds is 14. The highest BCUT2D eigenvalue weighted by molar-refractivity contribution is 6.74. The Kier molecular flexibility index (Phi) is 13.6. The topological polar surface area (TPSA) is 72.5 Å². The summed E-state index contributed by atoms with van der Waals surface area (Å²) in [4.78, 5) is 12.0. The molecule has 7 nitrogen and oxygen atoms in total. The van der Waals surface area contributed by atoms with Crippen LogP contribution in [0.1, 0.15) is 59.1 Å². The molecule has 1 heterocycles. The highest BCUT2D eigenvalue weighted by atomic mass is 28.4. The molecular formula is C37H58O7Si2. The molecule has 2 aromatic carbocycles. The van der Waals surface area contributed by atoms with Crippen LogP contribution in [0.4, 0.5) is 0 Å². The molecule has 5 atom stereocenters. The zero-order chi connectivity index (χ0) is 34.2. The number of esters is 1. The summed E-state index contributed by atoms with van der Waals surface area (Å²) in [6.07, 6.45) is 1.50. The van der Waals surface area contributed by atoms with Crippen LogP contribution < -0.4 is 0 Å². The Balaban J connectivity index is 2.08. The highest BCUT2D eigenvalue weighted by Crippen LogP contribution is 2.42. The molecular weight excluding hydrogens is 613 g/mol. The molecule has 0 N–H and O–H groups in total. The molecule has 1 fully saturated rings. The molecule has 1 aliphatic rings. The van der Waals surface area contributed by atoms with Crippen molar-refractivity contribution in [1.29, 1.82) is 0 Å². The van der Waals surface area contributed by atoms with Crippen molar-refractivity contribution in [2.45, 2.75) is 128 Å². The van der Waals surface area contributed by atoms with E-state index in [9.17, 15) is 4.79 Å². The molecule has 256 valence electrons. The molecule has 0 amide bonds. The van der Waals surface area contributed by atoms with Crippen LogP contribution in [0.25, 0.3) is 0 Å². The van der Waals surface area contributed by atoms with E-state index >= 15 is 0 Å². The molecule has 0 unspecified atom stereocenters. The van der Waals surface area contributed by atoms with Gasteiger partial charge < -0.3 is 27.8 Å². The van der Waals surface area contributed by atoms with Crippen molar-refractivity contribution in [3.8, 4) is 0 Å². The van der Waals surface area contributed by atoms with Crippen molar-refractivity contribution in [1.82, 2.24) is 0 Å². The van der Waals surface area contributed by atoms with E-state index in [2.05, 4.69) is 92.0 Å². The fourth-order valence-corrected chi connectivity index (χ4v) is 7.11. The second kappa shape index (κ2) is 16.3. The van der Waals surface area contributed by atoms with Gasteiger partial charge in [-0.05, 0) is 53.8 Å². The van der Waals surface area contributed by atoms with E-state index in [0.717, 1.165) is 11.1 Å². The van der Waals surface area contributed by atoms with Crippen molar-refractivity contribution in [2.75, 3.05) is 13.7 Å². The maximum atomic E-state index is 12.0. The molecule has 1 saturated heterocycles. The Bertz CT molecular complexity index is 1240. The quantitative estimate of drug-likeness (QED) is 0.113. The number of carbonyl (C=O) groups is 1. The first-order valence-corrected chi connectivity index (χ1v) is 22.3. The maximum Gasteiger partial charge on any atom is 0.330 e. The van der Waals surface area contributed by atoms with Gasteiger partial charge in [0.1, 0.15) is 24.4 Å². The third kappa shape index (κ3) is 10.7. The fraction of sp³-hybridized carbons (Fsp3) is 0.595. The molecule has 0 aliphatic carbocycles. The molecule has 0 radical (unpaired) electrons. The summed E-state index contributed by atoms with van der Waals surface area (Å²) >= 11 is 0. The third-order valence-electron chi connectivity index (χ3n) is 9.78. The summed E-state index contributed by atoms with van der Waals surface area (Å²) in [5, 5.41) is -0.0199. The Morgan fingerprint density at radius 1 is 0.739 bits per heavy atom. The van der Waals surface area contributed by atoms with Gasteiger partial charge in [-0.3, -0.25) is 0 Å². The molecule has 0 spiro atoms. The molecule has 0 aromatic heterocycles. The average Bonchev–Trinajstić information content (AvgIpc) is 2.99. The lowest BCUT2D eigenvalue weighted by Gasteiger charge is -2.50. The summed E-state index contributed by atoms with van der Waals surface area (Å²) in [5.74, 6) is -0.406. The van der Waals surface area contributed by atoms with Crippen LogP contribution in [0, 0.1) is 0 Å². The smallest absolute Gasteiger partial charge is 0.330 e. The summed E-state index contributed by atoms with van der Waals surface area (Å²) < 4.78 is 39.5. The van der Waals surface area contributed by atoms with Crippen LogP contribution in [-0.2, 0) is 45.8 Å². The van der Waals surface area contributed by atoms with Gasteiger partial charge in [0.2, 0.25) is 0 Å². The summed E-state index contributed by atoms with van der Waals surface area (Å²) in [6.45, 7) is 23.5. The lowest BCUT2D eigenvalue weighted by molar-refractivity contribution is -0.253. The standard InChI is InChI=1S/C37H58O7Si2/c1-36(2,3)45(8,9)42-27-31-33(40-25-28-19-14-12-15-20-28)35(41-26-29-21-16-13-17-22-29)34(44-46(10,11)37(4,5)6)30(43-31)23-18-24-32(38)39-7/h12-22,24,30-31,33-35H,23,25-27H2,1-11H3/b24-18+/t30-,31-,33-,34+,35+/m1/s1. The minimum atomic E-state index is -2.32. The van der Waals surface area contributed by atoms with Crippen LogP contribution >= 0.6 is 0 Å². The van der Waals surface area contributed by atoms with Crippen molar-refractivity contribution in [3.05, 3.63) is 83.9 Å². The molecule has 46 heavy (non-hydrogen) atoms. The third-order valence-corrected chi connectivity index (χ3v) is 18.8. The van der Waals surface area contributed by atoms with Crippen molar-refractivity contribution >= 4 is 22.6 Å². The van der Waals surface area contributed by atoms with E-state index < -0.39 is 53.1 Å². The Hall–Kier alpha value is -2.12. The summed E-state index contributed by atoms with van der Waals surface area (Å²) in [7, 11) is -3.06. The largest absolute Gasteiger partial charge is 0.466 e. The van der Waals surface area contributed by atoms with Crippen LogP contribution in [0.5, 0.6) is 0 Å². The zero-order valence-electron chi connectivity index (χ0n) is 30.0. The number of hydrogen-bond acceptors (Lipinski definition) is 7. The lowest BCUT2D eigenvalue weighted by Crippen LogP contribution is -2.64. The van der Waals surface area contributed by atoms with Crippen LogP contribution in [0.15, 0.2) is 72.8 Å². The Morgan fingerprint density at radius 3 is 1.72 bits per heavy atom. The minimum absolute atomic E-state index is 0.0297. The van der Waals surface area contributed by atoms with Gasteiger partial charge in [0.25, 0.3) is 0 Å². The van der Waals surface area contributed by atoms with Gasteiger partial charge in [0.05, 0.1) is 33.0 Å². The van der Waals surface area contributed by atoms with Crippen molar-refractivity contribution < 1.29 is 32.6 Å². The Morgan fingerprint density at radius 2 is 1.24 bits per heavy atom. The predicted molar refractivity (Wildman–Crippen MR) is 190 cm³/mol. The van der Waals surface area contributed by atoms with E-state index in [4.69, 9.17) is 27.8 Å². The van der Waals surface area contributed by atoms with Gasteiger partial charge in [0, 0.05) is 6.08 Å². The number of benzene rings is 2. The van der Waals surface area contributed by atoms with Gasteiger partial charge in [0.15, 0.2) is 16.6 Å². The van der Waals surface area contributed by atoms with Gasteiger partial charge in [-0.25, -0.2) is 4.79 Å². The van der Waals surface area contributed by atoms with Crippen LogP contribution in [0.3, 0.4) is 0 Å². The van der Waals surface area contributed by atoms with Crippen LogP contribution in [-0.4, -0.2) is 66.8 Å². The van der Waals surface area contributed by atoms with Crippen molar-refractivity contribution in [3.63, 3.8) is 0 Å². The highest BCUT2D eigenvalue weighted by Gasteiger charge is 2.52. The normalized spacial score (nSPS) is 23.1. The minimum Gasteiger partial charge on any atom is -0.466 e. The van der Waals surface area contributed by atoms with Gasteiger partial charge in [-0.15, -0.1) is 0 Å². The van der Waals surface area contributed by atoms with E-state index in [1.807, 2.05) is 42.5 Å². The van der Waals surface area contributed by atoms with E-state index in [0.29, 0.717) is 26.2 Å². The van der Waals surface area contributed by atoms with Crippen LogP contribution in [0.2, 0.25) is 36.3 Å². The van der Waals surface area contributed by atoms with E-state index in [-0.39, 0.29) is 10.1 Å². The second-order valence-corrected chi connectivity index (χ2v) is 24.9. The molecule has 1 aliphatic heterocycles. The molecule has 3 rings (SSSR count). The van der Waals surface area contributed by atoms with Gasteiger partial charge >= 0.3 is 5.97 Å². The number of hydrogen-bond donors (Lipinski definition) is 0. The monoisotopic (exact) mass is 670 g/mol. The van der Waals surface area contributed by atoms with Gasteiger partial charge in [-0.1, -0.05) is 108 Å². The zero-order valence-corrected chi connectivity index (χ0v) is 32.0. The number of carbonyl (C=O) groups excluding carboxylic acids is 1. The van der Waals surface area contributed by atoms with E-state index in [1.54, 1.807) is 0 Å². The first-order valence-electron chi connectivity index (χ1n) is 16.5. The molecule has 0 bridgehead atoms. The molecule has 2 aromatic rings. The average molecular weight is 671 g/mol. The first-order chi connectivity index (χ1) is 21.4. The molecule has 9 heteroatoms. The first kappa shape index (κ1) is 38.3. The second-order valence-electron chi connectivity index (χ2n) is 15.3. The maximum absolute atomic E-state index is 12.0. The van der Waals surface area contributed by atoms with Crippen molar-refractivity contribution in [2.24, 2.45) is 0 Å². The summed E-state index contributed by atoms with van der Waals surface area (Å²) in [6, 6.07) is 20.3. The van der Waals surface area contributed by atoms with E-state index in [1.165, 1.54) is 13.2 Å². The number of ether oxygens (including phenoxy) is 4.